The fraction of sp³-hybridized carbons (Fsp3) is 0.467. The lowest BCUT2D eigenvalue weighted by Gasteiger charge is -2.24. The number of hydrogen-bond acceptors (Lipinski definition) is 8. The maximum atomic E-state index is 12.8. The Kier molecular flexibility index (Phi) is 13.3. The summed E-state index contributed by atoms with van der Waals surface area (Å²) in [7, 11) is 0. The van der Waals surface area contributed by atoms with Gasteiger partial charge in [0.05, 0.1) is 13.2 Å². The number of aliphatic hydroxyl groups excluding tert-OH is 2. The van der Waals surface area contributed by atoms with Crippen LogP contribution in [0.3, 0.4) is 0 Å². The van der Waals surface area contributed by atoms with Crippen molar-refractivity contribution in [3.05, 3.63) is 71.8 Å². The molecule has 0 spiro atoms. The summed E-state index contributed by atoms with van der Waals surface area (Å²) in [6, 6.07) is 15.4. The third-order valence-corrected chi connectivity index (χ3v) is 5.72. The molecule has 0 radical (unpaired) electrons. The number of hydrogen-bond donors (Lipinski definition) is 4. The van der Waals surface area contributed by atoms with Crippen molar-refractivity contribution >= 4 is 23.8 Å². The predicted octanol–water partition coefficient (Wildman–Crippen LogP) is 1.56. The highest BCUT2D eigenvalue weighted by atomic mass is 16.5. The largest absolute Gasteiger partial charge is 0.464 e. The highest BCUT2D eigenvalue weighted by Crippen LogP contribution is 2.09. The molecule has 0 aliphatic rings. The molecule has 0 unspecified atom stereocenters. The number of amides is 2. The van der Waals surface area contributed by atoms with Gasteiger partial charge in [0.1, 0.15) is 12.1 Å². The van der Waals surface area contributed by atoms with Crippen LogP contribution >= 0.6 is 0 Å². The Morgan fingerprint density at radius 2 is 0.950 bits per heavy atom. The minimum atomic E-state index is -2.22. The number of carbonyl (C=O) groups excluding carboxylic acids is 4. The summed E-state index contributed by atoms with van der Waals surface area (Å²) in [6.07, 6.45) is -4.31. The topological polar surface area (TPSA) is 151 Å². The second-order valence-corrected chi connectivity index (χ2v) is 10.4. The number of ether oxygens (including phenoxy) is 2. The number of carbonyl (C=O) groups is 4. The van der Waals surface area contributed by atoms with E-state index in [1.807, 2.05) is 27.7 Å². The van der Waals surface area contributed by atoms with Crippen LogP contribution in [-0.2, 0) is 41.5 Å². The van der Waals surface area contributed by atoms with E-state index in [2.05, 4.69) is 10.6 Å². The van der Waals surface area contributed by atoms with Crippen molar-refractivity contribution in [1.82, 2.24) is 10.6 Å². The first kappa shape index (κ1) is 32.5. The molecule has 0 aliphatic heterocycles. The van der Waals surface area contributed by atoms with Crippen molar-refractivity contribution in [2.45, 2.75) is 64.8 Å². The summed E-state index contributed by atoms with van der Waals surface area (Å²) in [5.74, 6) is -3.60. The van der Waals surface area contributed by atoms with Gasteiger partial charge in [-0.2, -0.15) is 0 Å². The smallest absolute Gasteiger partial charge is 0.328 e. The fourth-order valence-corrected chi connectivity index (χ4v) is 3.59. The lowest BCUT2D eigenvalue weighted by molar-refractivity contribution is -0.154. The summed E-state index contributed by atoms with van der Waals surface area (Å²) < 4.78 is 10.5. The molecule has 10 nitrogen and oxygen atoms in total. The van der Waals surface area contributed by atoms with Gasteiger partial charge >= 0.3 is 11.9 Å². The maximum Gasteiger partial charge on any atom is 0.328 e. The van der Waals surface area contributed by atoms with Crippen LogP contribution in [0.1, 0.15) is 38.8 Å². The van der Waals surface area contributed by atoms with Crippen LogP contribution in [0.15, 0.2) is 60.7 Å². The highest BCUT2D eigenvalue weighted by Gasteiger charge is 2.35. The summed E-state index contributed by atoms with van der Waals surface area (Å²) >= 11 is 0. The van der Waals surface area contributed by atoms with Crippen LogP contribution in [0.4, 0.5) is 0 Å². The molecule has 0 fully saturated rings. The third kappa shape index (κ3) is 11.2. The number of benzene rings is 2. The molecule has 2 aromatic carbocycles. The Morgan fingerprint density at radius 1 is 0.625 bits per heavy atom. The minimum absolute atomic E-state index is 0.0594. The van der Waals surface area contributed by atoms with Crippen molar-refractivity contribution in [3.63, 3.8) is 0 Å². The van der Waals surface area contributed by atoms with E-state index in [0.717, 1.165) is 11.1 Å². The van der Waals surface area contributed by atoms with Crippen LogP contribution < -0.4 is 10.6 Å². The summed E-state index contributed by atoms with van der Waals surface area (Å²) in [6.45, 7) is 7.70. The van der Waals surface area contributed by atoms with Crippen LogP contribution in [0.25, 0.3) is 0 Å². The van der Waals surface area contributed by atoms with E-state index in [1.165, 1.54) is 0 Å². The summed E-state index contributed by atoms with van der Waals surface area (Å²) in [4.78, 5) is 51.1. The molecule has 2 rings (SSSR count). The van der Waals surface area contributed by atoms with Gasteiger partial charge in [-0.15, -0.1) is 0 Å². The number of aliphatic hydroxyl groups is 2. The van der Waals surface area contributed by atoms with Crippen molar-refractivity contribution in [2.75, 3.05) is 13.2 Å². The van der Waals surface area contributed by atoms with Gasteiger partial charge in [0.15, 0.2) is 12.2 Å². The van der Waals surface area contributed by atoms with Gasteiger partial charge in [0, 0.05) is 12.8 Å². The zero-order chi connectivity index (χ0) is 29.7. The molecule has 0 aliphatic carbocycles. The third-order valence-electron chi connectivity index (χ3n) is 5.72. The first-order chi connectivity index (χ1) is 19.0. The van der Waals surface area contributed by atoms with E-state index in [-0.39, 0.29) is 37.9 Å². The average molecular weight is 557 g/mol. The molecule has 0 saturated carbocycles. The lowest BCUT2D eigenvalue weighted by Crippen LogP contribution is -2.56. The lowest BCUT2D eigenvalue weighted by atomic mass is 10.0. The molecule has 0 saturated heterocycles. The maximum absolute atomic E-state index is 12.8. The molecular formula is C30H40N2O8. The van der Waals surface area contributed by atoms with Crippen LogP contribution in [0.5, 0.6) is 0 Å². The van der Waals surface area contributed by atoms with E-state index in [0.29, 0.717) is 0 Å². The quantitative estimate of drug-likeness (QED) is 0.241. The van der Waals surface area contributed by atoms with E-state index in [1.54, 1.807) is 60.7 Å². The second-order valence-electron chi connectivity index (χ2n) is 10.4. The zero-order valence-electron chi connectivity index (χ0n) is 23.4. The summed E-state index contributed by atoms with van der Waals surface area (Å²) in [5, 5.41) is 25.8. The van der Waals surface area contributed by atoms with Crippen molar-refractivity contribution in [1.29, 1.82) is 0 Å². The normalized spacial score (nSPS) is 14.1. The van der Waals surface area contributed by atoms with E-state index >= 15 is 0 Å². The van der Waals surface area contributed by atoms with E-state index in [4.69, 9.17) is 9.47 Å². The van der Waals surface area contributed by atoms with Gasteiger partial charge in [-0.25, -0.2) is 9.59 Å². The molecule has 4 N–H and O–H groups in total. The van der Waals surface area contributed by atoms with Gasteiger partial charge < -0.3 is 30.3 Å². The van der Waals surface area contributed by atoms with Crippen molar-refractivity contribution in [2.24, 2.45) is 11.8 Å². The molecule has 0 aromatic heterocycles. The molecule has 0 bridgehead atoms. The molecule has 218 valence electrons. The SMILES string of the molecule is CC(C)COC(=O)[C@H](Cc1ccccc1)NC(=O)[C@@H](O)[C@H](O)C(=O)N[C@@H](Cc1ccccc1)C(=O)OCC(C)C. The molecule has 2 amide bonds. The average Bonchev–Trinajstić information content (AvgIpc) is 2.93. The Balaban J connectivity index is 2.10. The van der Waals surface area contributed by atoms with Gasteiger partial charge in [-0.3, -0.25) is 9.59 Å². The second kappa shape index (κ2) is 16.4. The Labute approximate surface area is 235 Å². The molecule has 2 aromatic rings. The van der Waals surface area contributed by atoms with E-state index in [9.17, 15) is 29.4 Å². The van der Waals surface area contributed by atoms with Crippen LogP contribution in [0, 0.1) is 11.8 Å². The molecule has 4 atom stereocenters. The summed E-state index contributed by atoms with van der Waals surface area (Å²) in [5.41, 5.74) is 1.46. The fourth-order valence-electron chi connectivity index (χ4n) is 3.59. The van der Waals surface area contributed by atoms with Crippen LogP contribution in [-0.4, -0.2) is 71.5 Å². The Morgan fingerprint density at radius 3 is 1.25 bits per heavy atom. The van der Waals surface area contributed by atoms with Crippen molar-refractivity contribution in [3.8, 4) is 0 Å². The van der Waals surface area contributed by atoms with Crippen LogP contribution in [0.2, 0.25) is 0 Å². The van der Waals surface area contributed by atoms with E-state index < -0.39 is 48.0 Å². The molecule has 0 heterocycles. The first-order valence-electron chi connectivity index (χ1n) is 13.4. The van der Waals surface area contributed by atoms with Gasteiger partial charge in [0.25, 0.3) is 11.8 Å². The van der Waals surface area contributed by atoms with Crippen molar-refractivity contribution < 1.29 is 38.9 Å². The molecule has 10 heteroatoms. The minimum Gasteiger partial charge on any atom is -0.464 e. The molecular weight excluding hydrogens is 516 g/mol. The molecule has 40 heavy (non-hydrogen) atoms. The van der Waals surface area contributed by atoms with Gasteiger partial charge in [-0.1, -0.05) is 88.4 Å². The zero-order valence-corrected chi connectivity index (χ0v) is 23.4. The Hall–Kier alpha value is -3.76. The standard InChI is InChI=1S/C30H40N2O8/c1-19(2)17-39-29(37)23(15-21-11-7-5-8-12-21)31-27(35)25(33)26(34)28(36)32-24(30(38)40-18-20(3)4)16-22-13-9-6-10-14-22/h5-14,19-20,23-26,33-34H,15-18H2,1-4H3,(H,31,35)(H,32,36)/t23-,24-,25-,26-/m0/s1. The monoisotopic (exact) mass is 556 g/mol. The number of rotatable bonds is 15. The first-order valence-corrected chi connectivity index (χ1v) is 13.4. The predicted molar refractivity (Wildman–Crippen MR) is 148 cm³/mol. The number of esters is 2. The Bertz CT molecular complexity index is 1000. The number of nitrogens with one attached hydrogen (secondary N) is 2. The van der Waals surface area contributed by atoms with Gasteiger partial charge in [0.2, 0.25) is 0 Å². The van der Waals surface area contributed by atoms with Gasteiger partial charge in [-0.05, 0) is 23.0 Å². The highest BCUT2D eigenvalue weighted by molar-refractivity contribution is 5.94.